The van der Waals surface area contributed by atoms with Crippen molar-refractivity contribution in [2.75, 3.05) is 6.26 Å². The van der Waals surface area contributed by atoms with Crippen LogP contribution >= 0.6 is 0 Å². The summed E-state index contributed by atoms with van der Waals surface area (Å²) in [6.07, 6.45) is 5.63. The highest BCUT2D eigenvalue weighted by atomic mass is 32.2. The second-order valence-corrected chi connectivity index (χ2v) is 7.44. The third-order valence-electron chi connectivity index (χ3n) is 3.76. The summed E-state index contributed by atoms with van der Waals surface area (Å²) in [5.74, 6) is -1.11. The van der Waals surface area contributed by atoms with Crippen LogP contribution in [0.5, 0.6) is 0 Å². The van der Waals surface area contributed by atoms with Gasteiger partial charge in [-0.25, -0.2) is 8.42 Å². The van der Waals surface area contributed by atoms with Gasteiger partial charge in [0.25, 0.3) is 0 Å². The van der Waals surface area contributed by atoms with E-state index in [0.717, 1.165) is 19.3 Å². The van der Waals surface area contributed by atoms with Crippen LogP contribution in [0.2, 0.25) is 0 Å². The maximum Gasteiger partial charge on any atom is 0.306 e. The monoisotopic (exact) mass is 262 g/mol. The molecule has 1 saturated carbocycles. The van der Waals surface area contributed by atoms with Crippen LogP contribution in [0.25, 0.3) is 0 Å². The number of sulfone groups is 1. The molecule has 0 heterocycles. The molecule has 0 amide bonds. The molecule has 3 atom stereocenters. The minimum atomic E-state index is -3.03. The minimum absolute atomic E-state index is 0.0286. The Morgan fingerprint density at radius 1 is 1.41 bits per heavy atom. The topological polar surface area (TPSA) is 71.4 Å². The van der Waals surface area contributed by atoms with Gasteiger partial charge in [0.15, 0.2) is 0 Å². The summed E-state index contributed by atoms with van der Waals surface area (Å²) >= 11 is 0. The molecule has 0 spiro atoms. The molecule has 100 valence electrons. The lowest BCUT2D eigenvalue weighted by Gasteiger charge is -2.31. The average Bonchev–Trinajstić information content (AvgIpc) is 2.24. The molecule has 0 aromatic rings. The molecule has 0 aromatic carbocycles. The van der Waals surface area contributed by atoms with Gasteiger partial charge in [0.2, 0.25) is 0 Å². The van der Waals surface area contributed by atoms with Crippen LogP contribution in [0.15, 0.2) is 0 Å². The highest BCUT2D eigenvalue weighted by Gasteiger charge is 2.35. The molecule has 1 fully saturated rings. The maximum absolute atomic E-state index is 11.5. The Kier molecular flexibility index (Phi) is 4.98. The molecule has 4 nitrogen and oxygen atoms in total. The summed E-state index contributed by atoms with van der Waals surface area (Å²) < 4.78 is 23.1. The van der Waals surface area contributed by atoms with Crippen molar-refractivity contribution in [2.24, 2.45) is 11.8 Å². The predicted molar refractivity (Wildman–Crippen MR) is 66.6 cm³/mol. The highest BCUT2D eigenvalue weighted by molar-refractivity contribution is 7.91. The van der Waals surface area contributed by atoms with Crippen LogP contribution in [-0.4, -0.2) is 31.0 Å². The number of hydrogen-bond donors (Lipinski definition) is 1. The second kappa shape index (κ2) is 5.85. The molecular weight excluding hydrogens is 240 g/mol. The lowest BCUT2D eigenvalue weighted by Crippen LogP contribution is -2.33. The first-order valence-corrected chi connectivity index (χ1v) is 8.23. The van der Waals surface area contributed by atoms with Crippen molar-refractivity contribution in [3.05, 3.63) is 0 Å². The summed E-state index contributed by atoms with van der Waals surface area (Å²) in [6, 6.07) is 0. The van der Waals surface area contributed by atoms with Crippen LogP contribution in [0, 0.1) is 11.8 Å². The number of aliphatic carboxylic acids is 1. The number of carbonyl (C=O) groups is 1. The van der Waals surface area contributed by atoms with Crippen LogP contribution in [0.3, 0.4) is 0 Å². The summed E-state index contributed by atoms with van der Waals surface area (Å²) in [6.45, 7) is 1.97. The van der Waals surface area contributed by atoms with Crippen LogP contribution in [-0.2, 0) is 14.6 Å². The lowest BCUT2D eigenvalue weighted by molar-refractivity contribution is -0.144. The SMILES string of the molecule is CCCC(C(=O)O)C1CCCC(S(C)(=O)=O)C1. The van der Waals surface area contributed by atoms with Gasteiger partial charge in [0, 0.05) is 6.26 Å². The Morgan fingerprint density at radius 3 is 2.53 bits per heavy atom. The molecule has 5 heteroatoms. The van der Waals surface area contributed by atoms with Gasteiger partial charge in [-0.15, -0.1) is 0 Å². The Bertz CT molecular complexity index is 361. The van der Waals surface area contributed by atoms with Crippen molar-refractivity contribution in [3.8, 4) is 0 Å². The minimum Gasteiger partial charge on any atom is -0.481 e. The van der Waals surface area contributed by atoms with Crippen molar-refractivity contribution >= 4 is 15.8 Å². The molecule has 0 radical (unpaired) electrons. The molecule has 3 unspecified atom stereocenters. The van der Waals surface area contributed by atoms with Crippen molar-refractivity contribution in [3.63, 3.8) is 0 Å². The van der Waals surface area contributed by atoms with E-state index in [-0.39, 0.29) is 17.1 Å². The molecule has 0 saturated heterocycles. The second-order valence-electron chi connectivity index (χ2n) is 5.11. The van der Waals surface area contributed by atoms with E-state index in [1.807, 2.05) is 6.92 Å². The Labute approximate surface area is 103 Å². The standard InChI is InChI=1S/C12H22O4S/c1-3-5-11(12(13)14)9-6-4-7-10(8-9)17(2,15)16/h9-11H,3-8H2,1-2H3,(H,13,14). The first-order chi connectivity index (χ1) is 7.86. The van der Waals surface area contributed by atoms with Crippen LogP contribution in [0.1, 0.15) is 45.4 Å². The predicted octanol–water partition coefficient (Wildman–Crippen LogP) is 2.09. The van der Waals surface area contributed by atoms with E-state index in [9.17, 15) is 18.3 Å². The van der Waals surface area contributed by atoms with Crippen molar-refractivity contribution in [1.82, 2.24) is 0 Å². The van der Waals surface area contributed by atoms with Crippen molar-refractivity contribution in [2.45, 2.75) is 50.7 Å². The molecule has 1 N–H and O–H groups in total. The number of hydrogen-bond acceptors (Lipinski definition) is 3. The Hall–Kier alpha value is -0.580. The largest absolute Gasteiger partial charge is 0.481 e. The van der Waals surface area contributed by atoms with Gasteiger partial charge in [-0.3, -0.25) is 4.79 Å². The van der Waals surface area contributed by atoms with E-state index in [0.29, 0.717) is 19.3 Å². The smallest absolute Gasteiger partial charge is 0.306 e. The fourth-order valence-electron chi connectivity index (χ4n) is 2.81. The van der Waals surface area contributed by atoms with Gasteiger partial charge >= 0.3 is 5.97 Å². The van der Waals surface area contributed by atoms with Gasteiger partial charge in [-0.05, 0) is 31.6 Å². The zero-order valence-corrected chi connectivity index (χ0v) is 11.4. The first-order valence-electron chi connectivity index (χ1n) is 6.28. The molecule has 0 bridgehead atoms. The molecule has 1 aliphatic carbocycles. The van der Waals surface area contributed by atoms with Gasteiger partial charge in [-0.2, -0.15) is 0 Å². The summed E-state index contributed by atoms with van der Waals surface area (Å²) in [7, 11) is -3.03. The van der Waals surface area contributed by atoms with Gasteiger partial charge in [0.05, 0.1) is 11.2 Å². The Balaban J connectivity index is 2.74. The number of rotatable bonds is 5. The van der Waals surface area contributed by atoms with E-state index in [4.69, 9.17) is 0 Å². The van der Waals surface area contributed by atoms with E-state index < -0.39 is 15.8 Å². The summed E-state index contributed by atoms with van der Waals surface area (Å²) in [4.78, 5) is 11.2. The average molecular weight is 262 g/mol. The maximum atomic E-state index is 11.5. The van der Waals surface area contributed by atoms with Crippen molar-refractivity contribution < 1.29 is 18.3 Å². The van der Waals surface area contributed by atoms with E-state index in [2.05, 4.69) is 0 Å². The van der Waals surface area contributed by atoms with E-state index in [1.54, 1.807) is 0 Å². The zero-order valence-electron chi connectivity index (χ0n) is 10.6. The summed E-state index contributed by atoms with van der Waals surface area (Å²) in [5, 5.41) is 8.86. The van der Waals surface area contributed by atoms with Gasteiger partial charge in [0.1, 0.15) is 9.84 Å². The first kappa shape index (κ1) is 14.5. The molecule has 0 aromatic heterocycles. The van der Waals surface area contributed by atoms with E-state index >= 15 is 0 Å². The van der Waals surface area contributed by atoms with E-state index in [1.165, 1.54) is 6.26 Å². The zero-order chi connectivity index (χ0) is 13.1. The molecule has 1 rings (SSSR count). The number of carboxylic acid groups (broad SMARTS) is 1. The highest BCUT2D eigenvalue weighted by Crippen LogP contribution is 2.35. The quantitative estimate of drug-likeness (QED) is 0.823. The third-order valence-corrected chi connectivity index (χ3v) is 5.40. The molecular formula is C12H22O4S. The fraction of sp³-hybridized carbons (Fsp3) is 0.917. The van der Waals surface area contributed by atoms with Gasteiger partial charge < -0.3 is 5.11 Å². The normalized spacial score (nSPS) is 27.6. The lowest BCUT2D eigenvalue weighted by atomic mass is 9.78. The van der Waals surface area contributed by atoms with Gasteiger partial charge in [-0.1, -0.05) is 19.8 Å². The van der Waals surface area contributed by atoms with Crippen LogP contribution < -0.4 is 0 Å². The summed E-state index contributed by atoms with van der Waals surface area (Å²) in [5.41, 5.74) is 0. The molecule has 17 heavy (non-hydrogen) atoms. The van der Waals surface area contributed by atoms with Crippen LogP contribution in [0.4, 0.5) is 0 Å². The molecule has 0 aliphatic heterocycles. The Morgan fingerprint density at radius 2 is 2.06 bits per heavy atom. The van der Waals surface area contributed by atoms with Crippen molar-refractivity contribution in [1.29, 1.82) is 0 Å². The molecule has 1 aliphatic rings. The number of carboxylic acids is 1. The fourth-order valence-corrected chi connectivity index (χ4v) is 4.00. The third kappa shape index (κ3) is 3.98.